The molecule has 1 heterocycles. The fourth-order valence-corrected chi connectivity index (χ4v) is 5.03. The molecule has 5 rings (SSSR count). The van der Waals surface area contributed by atoms with Crippen LogP contribution in [0.1, 0.15) is 39.4 Å². The standard InChI is InChI=1S/C34H30N2O3/c37-33(29-16-8-3-9-17-29)35(23-11-19-28-18-10-20-32-31(28)22-25-36(32)34(38)39)24-21-30(26-12-4-1-5-13-26)27-14-6-2-7-15-27/h1-20,22,25,30H,21,23-24H2,(H,38,39). The highest BCUT2D eigenvalue weighted by atomic mass is 16.4. The average molecular weight is 515 g/mol. The van der Waals surface area contributed by atoms with Gasteiger partial charge in [-0.25, -0.2) is 4.79 Å². The highest BCUT2D eigenvalue weighted by molar-refractivity contribution is 5.95. The van der Waals surface area contributed by atoms with Crippen LogP contribution in [0.2, 0.25) is 0 Å². The van der Waals surface area contributed by atoms with Crippen molar-refractivity contribution in [3.63, 3.8) is 0 Å². The van der Waals surface area contributed by atoms with Gasteiger partial charge in [0.15, 0.2) is 0 Å². The van der Waals surface area contributed by atoms with Gasteiger partial charge in [-0.1, -0.05) is 103 Å². The second-order valence-electron chi connectivity index (χ2n) is 9.43. The van der Waals surface area contributed by atoms with E-state index in [4.69, 9.17) is 0 Å². The molecule has 0 saturated heterocycles. The van der Waals surface area contributed by atoms with Crippen LogP contribution < -0.4 is 0 Å². The van der Waals surface area contributed by atoms with E-state index in [-0.39, 0.29) is 11.8 Å². The van der Waals surface area contributed by atoms with Crippen molar-refractivity contribution >= 4 is 29.0 Å². The topological polar surface area (TPSA) is 62.5 Å². The minimum absolute atomic E-state index is 0.0182. The molecule has 0 aliphatic heterocycles. The number of carbonyl (C=O) groups excluding carboxylic acids is 1. The van der Waals surface area contributed by atoms with Crippen molar-refractivity contribution in [3.8, 4) is 0 Å². The highest BCUT2D eigenvalue weighted by Gasteiger charge is 2.19. The quantitative estimate of drug-likeness (QED) is 0.221. The van der Waals surface area contributed by atoms with E-state index in [9.17, 15) is 14.7 Å². The Bertz CT molecular complexity index is 1540. The number of aromatic nitrogens is 1. The van der Waals surface area contributed by atoms with Crippen LogP contribution in [0.25, 0.3) is 17.0 Å². The number of hydrogen-bond acceptors (Lipinski definition) is 2. The van der Waals surface area contributed by atoms with Gasteiger partial charge in [0.25, 0.3) is 5.91 Å². The lowest BCUT2D eigenvalue weighted by Crippen LogP contribution is -2.33. The summed E-state index contributed by atoms with van der Waals surface area (Å²) in [5.41, 5.74) is 4.64. The number of hydrogen-bond donors (Lipinski definition) is 1. The van der Waals surface area contributed by atoms with E-state index < -0.39 is 6.09 Å². The molecular formula is C34H30N2O3. The van der Waals surface area contributed by atoms with Crippen LogP contribution in [-0.2, 0) is 0 Å². The summed E-state index contributed by atoms with van der Waals surface area (Å²) >= 11 is 0. The minimum Gasteiger partial charge on any atom is -0.464 e. The van der Waals surface area contributed by atoms with Crippen LogP contribution in [0.15, 0.2) is 128 Å². The number of amides is 1. The zero-order valence-corrected chi connectivity index (χ0v) is 21.6. The Labute approximate surface area is 228 Å². The Kier molecular flexibility index (Phi) is 7.98. The maximum atomic E-state index is 13.6. The lowest BCUT2D eigenvalue weighted by molar-refractivity contribution is 0.0770. The van der Waals surface area contributed by atoms with Gasteiger partial charge in [-0.15, -0.1) is 0 Å². The van der Waals surface area contributed by atoms with E-state index in [1.807, 2.05) is 71.6 Å². The lowest BCUT2D eigenvalue weighted by Gasteiger charge is -2.25. The Morgan fingerprint density at radius 3 is 2.00 bits per heavy atom. The second-order valence-corrected chi connectivity index (χ2v) is 9.43. The highest BCUT2D eigenvalue weighted by Crippen LogP contribution is 2.28. The van der Waals surface area contributed by atoms with Crippen molar-refractivity contribution in [1.29, 1.82) is 0 Å². The maximum Gasteiger partial charge on any atom is 0.415 e. The van der Waals surface area contributed by atoms with Crippen LogP contribution in [-0.4, -0.2) is 39.7 Å². The van der Waals surface area contributed by atoms with Crippen molar-refractivity contribution < 1.29 is 14.7 Å². The van der Waals surface area contributed by atoms with Crippen molar-refractivity contribution in [2.45, 2.75) is 12.3 Å². The van der Waals surface area contributed by atoms with Crippen molar-refractivity contribution in [1.82, 2.24) is 9.47 Å². The van der Waals surface area contributed by atoms with Crippen LogP contribution in [0.4, 0.5) is 4.79 Å². The van der Waals surface area contributed by atoms with Gasteiger partial charge in [-0.3, -0.25) is 9.36 Å². The van der Waals surface area contributed by atoms with Crippen LogP contribution in [0.5, 0.6) is 0 Å². The first-order chi connectivity index (χ1) is 19.1. The van der Waals surface area contributed by atoms with Gasteiger partial charge >= 0.3 is 6.09 Å². The molecule has 4 aromatic carbocycles. The van der Waals surface area contributed by atoms with Gasteiger partial charge in [0.2, 0.25) is 0 Å². The maximum absolute atomic E-state index is 13.6. The zero-order chi connectivity index (χ0) is 27.0. The summed E-state index contributed by atoms with van der Waals surface area (Å²) in [5.74, 6) is 0.141. The van der Waals surface area contributed by atoms with Crippen molar-refractivity contribution in [3.05, 3.63) is 150 Å². The SMILES string of the molecule is O=C(c1ccccc1)N(CC=Cc1cccc2c1ccn2C(=O)O)CCC(c1ccccc1)c1ccccc1. The molecule has 0 bridgehead atoms. The van der Waals surface area contributed by atoms with Crippen LogP contribution in [0.3, 0.4) is 0 Å². The fraction of sp³-hybridized carbons (Fsp3) is 0.118. The monoisotopic (exact) mass is 514 g/mol. The molecule has 1 aromatic heterocycles. The third kappa shape index (κ3) is 5.99. The first-order valence-electron chi connectivity index (χ1n) is 13.1. The smallest absolute Gasteiger partial charge is 0.415 e. The summed E-state index contributed by atoms with van der Waals surface area (Å²) in [6.07, 6.45) is 5.26. The Balaban J connectivity index is 1.40. The summed E-state index contributed by atoms with van der Waals surface area (Å²) in [7, 11) is 0. The van der Waals surface area contributed by atoms with Gasteiger partial charge in [0.05, 0.1) is 5.52 Å². The molecule has 0 fully saturated rings. The number of carboxylic acid groups (broad SMARTS) is 1. The number of nitrogens with zero attached hydrogens (tertiary/aromatic N) is 2. The summed E-state index contributed by atoms with van der Waals surface area (Å²) < 4.78 is 1.21. The minimum atomic E-state index is -1.02. The predicted octanol–water partition coefficient (Wildman–Crippen LogP) is 7.55. The molecule has 0 aliphatic carbocycles. The second kappa shape index (κ2) is 12.1. The molecule has 0 saturated carbocycles. The molecule has 0 spiro atoms. The van der Waals surface area contributed by atoms with E-state index >= 15 is 0 Å². The van der Waals surface area contributed by atoms with Gasteiger partial charge < -0.3 is 10.0 Å². The van der Waals surface area contributed by atoms with Crippen LogP contribution in [0, 0.1) is 0 Å². The normalized spacial score (nSPS) is 11.3. The zero-order valence-electron chi connectivity index (χ0n) is 21.6. The molecule has 5 aromatic rings. The van der Waals surface area contributed by atoms with E-state index in [1.54, 1.807) is 18.3 Å². The van der Waals surface area contributed by atoms with E-state index in [2.05, 4.69) is 48.5 Å². The number of carbonyl (C=O) groups is 2. The molecule has 39 heavy (non-hydrogen) atoms. The molecular weight excluding hydrogens is 484 g/mol. The van der Waals surface area contributed by atoms with Crippen molar-refractivity contribution in [2.75, 3.05) is 13.1 Å². The molecule has 0 radical (unpaired) electrons. The average Bonchev–Trinajstić information content (AvgIpc) is 3.43. The van der Waals surface area contributed by atoms with Gasteiger partial charge in [0.1, 0.15) is 0 Å². The summed E-state index contributed by atoms with van der Waals surface area (Å²) in [6, 6.07) is 37.6. The number of benzene rings is 4. The largest absolute Gasteiger partial charge is 0.464 e. The number of rotatable bonds is 9. The third-order valence-corrected chi connectivity index (χ3v) is 7.00. The molecule has 0 aliphatic rings. The van der Waals surface area contributed by atoms with E-state index in [0.717, 1.165) is 17.4 Å². The first kappa shape index (κ1) is 25.7. The molecule has 1 N–H and O–H groups in total. The molecule has 0 unspecified atom stereocenters. The van der Waals surface area contributed by atoms with Crippen molar-refractivity contribution in [2.24, 2.45) is 0 Å². The molecule has 1 amide bonds. The molecule has 0 atom stereocenters. The lowest BCUT2D eigenvalue weighted by atomic mass is 9.88. The Morgan fingerprint density at radius 2 is 1.38 bits per heavy atom. The molecule has 194 valence electrons. The summed E-state index contributed by atoms with van der Waals surface area (Å²) in [6.45, 7) is 1.01. The van der Waals surface area contributed by atoms with E-state index in [0.29, 0.717) is 24.2 Å². The summed E-state index contributed by atoms with van der Waals surface area (Å²) in [4.78, 5) is 27.0. The number of fused-ring (bicyclic) bond motifs is 1. The molecule has 5 nitrogen and oxygen atoms in total. The fourth-order valence-electron chi connectivity index (χ4n) is 5.03. The van der Waals surface area contributed by atoms with Gasteiger partial charge in [-0.05, 0) is 47.4 Å². The Hall–Kier alpha value is -4.90. The summed E-state index contributed by atoms with van der Waals surface area (Å²) in [5, 5.41) is 10.3. The predicted molar refractivity (Wildman–Crippen MR) is 156 cm³/mol. The van der Waals surface area contributed by atoms with Crippen LogP contribution >= 0.6 is 0 Å². The molecule has 5 heteroatoms. The van der Waals surface area contributed by atoms with Gasteiger partial charge in [-0.2, -0.15) is 0 Å². The Morgan fingerprint density at radius 1 is 0.769 bits per heavy atom. The van der Waals surface area contributed by atoms with E-state index in [1.165, 1.54) is 15.7 Å². The first-order valence-corrected chi connectivity index (χ1v) is 13.1. The third-order valence-electron chi connectivity index (χ3n) is 7.00. The van der Waals surface area contributed by atoms with Gasteiger partial charge in [0, 0.05) is 36.2 Å².